The van der Waals surface area contributed by atoms with E-state index in [4.69, 9.17) is 4.74 Å². The maximum Gasteiger partial charge on any atom is 0.251 e. The number of hydrogen-bond acceptors (Lipinski definition) is 4. The van der Waals surface area contributed by atoms with Crippen LogP contribution in [-0.4, -0.2) is 15.5 Å². The predicted octanol–water partition coefficient (Wildman–Crippen LogP) is 2.29. The van der Waals surface area contributed by atoms with E-state index in [1.807, 2.05) is 30.3 Å². The van der Waals surface area contributed by atoms with E-state index in [1.54, 1.807) is 37.6 Å². The molecule has 26 heavy (non-hydrogen) atoms. The van der Waals surface area contributed by atoms with Crippen LogP contribution >= 0.6 is 0 Å². The smallest absolute Gasteiger partial charge is 0.251 e. The molecular formula is C20H19N3O3. The molecule has 0 fully saturated rings. The van der Waals surface area contributed by atoms with Crippen LogP contribution in [0.3, 0.4) is 0 Å². The zero-order valence-corrected chi connectivity index (χ0v) is 14.4. The lowest BCUT2D eigenvalue weighted by atomic mass is 10.2. The molecule has 0 atom stereocenters. The summed E-state index contributed by atoms with van der Waals surface area (Å²) in [6.07, 6.45) is 3.21. The average Bonchev–Trinajstić information content (AvgIpc) is 2.68. The predicted molar refractivity (Wildman–Crippen MR) is 97.9 cm³/mol. The van der Waals surface area contributed by atoms with Crippen molar-refractivity contribution in [2.45, 2.75) is 13.2 Å². The van der Waals surface area contributed by atoms with Crippen molar-refractivity contribution < 1.29 is 9.53 Å². The van der Waals surface area contributed by atoms with Crippen LogP contribution in [0, 0.1) is 0 Å². The highest BCUT2D eigenvalue weighted by atomic mass is 16.5. The number of nitrogens with zero attached hydrogens (tertiary/aromatic N) is 2. The van der Waals surface area contributed by atoms with Gasteiger partial charge in [-0.25, -0.2) is 4.98 Å². The maximum absolute atomic E-state index is 12.2. The number of aromatic nitrogens is 2. The Hall–Kier alpha value is -3.41. The van der Waals surface area contributed by atoms with Gasteiger partial charge in [0.2, 0.25) is 5.88 Å². The van der Waals surface area contributed by atoms with E-state index >= 15 is 0 Å². The number of carbonyl (C=O) groups excluding carboxylic acids is 1. The van der Waals surface area contributed by atoms with Gasteiger partial charge < -0.3 is 14.6 Å². The van der Waals surface area contributed by atoms with Crippen molar-refractivity contribution in [3.63, 3.8) is 0 Å². The SMILES string of the molecule is Cn1ccc(C(=O)NCc2ccnc(OCc3ccccc3)c2)cc1=O. The number of rotatable bonds is 6. The number of nitrogens with one attached hydrogen (secondary N) is 1. The van der Waals surface area contributed by atoms with Gasteiger partial charge in [-0.2, -0.15) is 0 Å². The van der Waals surface area contributed by atoms with Gasteiger partial charge in [0.15, 0.2) is 0 Å². The highest BCUT2D eigenvalue weighted by Gasteiger charge is 2.07. The van der Waals surface area contributed by atoms with Crippen LogP contribution in [0.25, 0.3) is 0 Å². The monoisotopic (exact) mass is 349 g/mol. The number of hydrogen-bond donors (Lipinski definition) is 1. The van der Waals surface area contributed by atoms with E-state index in [0.717, 1.165) is 11.1 Å². The largest absolute Gasteiger partial charge is 0.473 e. The van der Waals surface area contributed by atoms with Gasteiger partial charge in [0, 0.05) is 43.7 Å². The summed E-state index contributed by atoms with van der Waals surface area (Å²) in [5, 5.41) is 2.79. The number of amides is 1. The molecule has 0 aliphatic heterocycles. The summed E-state index contributed by atoms with van der Waals surface area (Å²) < 4.78 is 7.10. The number of aryl methyl sites for hydroxylation is 1. The fraction of sp³-hybridized carbons (Fsp3) is 0.150. The van der Waals surface area contributed by atoms with Crippen molar-refractivity contribution in [1.29, 1.82) is 0 Å². The van der Waals surface area contributed by atoms with Gasteiger partial charge in [-0.1, -0.05) is 30.3 Å². The molecule has 0 spiro atoms. The molecule has 0 aliphatic carbocycles. The van der Waals surface area contributed by atoms with E-state index in [1.165, 1.54) is 10.6 Å². The molecule has 0 unspecified atom stereocenters. The Labute approximate surface area is 151 Å². The second kappa shape index (κ2) is 8.11. The fourth-order valence-electron chi connectivity index (χ4n) is 2.35. The van der Waals surface area contributed by atoms with Gasteiger partial charge in [-0.05, 0) is 23.3 Å². The molecule has 1 N–H and O–H groups in total. The summed E-state index contributed by atoms with van der Waals surface area (Å²) in [5.74, 6) is 0.195. The normalized spacial score (nSPS) is 10.3. The van der Waals surface area contributed by atoms with Crippen molar-refractivity contribution in [3.8, 4) is 5.88 Å². The van der Waals surface area contributed by atoms with Crippen LogP contribution in [0.1, 0.15) is 21.5 Å². The summed E-state index contributed by atoms with van der Waals surface area (Å²) >= 11 is 0. The van der Waals surface area contributed by atoms with Crippen molar-refractivity contribution in [2.75, 3.05) is 0 Å². The highest BCUT2D eigenvalue weighted by molar-refractivity contribution is 5.93. The molecule has 6 heteroatoms. The number of ether oxygens (including phenoxy) is 1. The van der Waals surface area contributed by atoms with E-state index in [2.05, 4.69) is 10.3 Å². The first kappa shape index (κ1) is 17.4. The lowest BCUT2D eigenvalue weighted by Crippen LogP contribution is -2.25. The highest BCUT2D eigenvalue weighted by Crippen LogP contribution is 2.12. The van der Waals surface area contributed by atoms with E-state index in [-0.39, 0.29) is 11.5 Å². The van der Waals surface area contributed by atoms with Gasteiger partial charge in [-0.3, -0.25) is 9.59 Å². The van der Waals surface area contributed by atoms with Crippen LogP contribution in [0.15, 0.2) is 71.8 Å². The quantitative estimate of drug-likeness (QED) is 0.741. The molecule has 3 aromatic rings. The molecule has 0 bridgehead atoms. The van der Waals surface area contributed by atoms with E-state index in [9.17, 15) is 9.59 Å². The van der Waals surface area contributed by atoms with Gasteiger partial charge in [0.25, 0.3) is 11.5 Å². The summed E-state index contributed by atoms with van der Waals surface area (Å²) in [6, 6.07) is 16.3. The molecular weight excluding hydrogens is 330 g/mol. The topological polar surface area (TPSA) is 73.2 Å². The third-order valence-corrected chi connectivity index (χ3v) is 3.85. The Kier molecular flexibility index (Phi) is 5.43. The second-order valence-corrected chi connectivity index (χ2v) is 5.82. The van der Waals surface area contributed by atoms with E-state index < -0.39 is 0 Å². The Morgan fingerprint density at radius 1 is 1.12 bits per heavy atom. The summed E-state index contributed by atoms with van der Waals surface area (Å²) in [7, 11) is 1.64. The lowest BCUT2D eigenvalue weighted by molar-refractivity contribution is 0.0950. The molecule has 0 saturated heterocycles. The van der Waals surface area contributed by atoms with Crippen LogP contribution in [0.2, 0.25) is 0 Å². The zero-order chi connectivity index (χ0) is 18.4. The first-order chi connectivity index (χ1) is 12.6. The Morgan fingerprint density at radius 2 is 1.92 bits per heavy atom. The maximum atomic E-state index is 12.2. The van der Waals surface area contributed by atoms with Crippen molar-refractivity contribution >= 4 is 5.91 Å². The molecule has 2 aromatic heterocycles. The van der Waals surface area contributed by atoms with Gasteiger partial charge in [-0.15, -0.1) is 0 Å². The first-order valence-corrected chi connectivity index (χ1v) is 8.18. The third kappa shape index (κ3) is 4.57. The van der Waals surface area contributed by atoms with Gasteiger partial charge >= 0.3 is 0 Å². The van der Waals surface area contributed by atoms with Gasteiger partial charge in [0.1, 0.15) is 6.61 Å². The minimum atomic E-state index is -0.300. The molecule has 0 saturated carbocycles. The Bertz CT molecular complexity index is 952. The molecule has 0 aliphatic rings. The van der Waals surface area contributed by atoms with Crippen molar-refractivity contribution in [1.82, 2.24) is 14.9 Å². The average molecular weight is 349 g/mol. The minimum Gasteiger partial charge on any atom is -0.473 e. The zero-order valence-electron chi connectivity index (χ0n) is 14.4. The molecule has 132 valence electrons. The fourth-order valence-corrected chi connectivity index (χ4v) is 2.35. The van der Waals surface area contributed by atoms with Crippen molar-refractivity contribution in [3.05, 3.63) is 94.0 Å². The molecule has 6 nitrogen and oxygen atoms in total. The number of benzene rings is 1. The Balaban J connectivity index is 1.59. The van der Waals surface area contributed by atoms with Crippen LogP contribution in [-0.2, 0) is 20.2 Å². The lowest BCUT2D eigenvalue weighted by Gasteiger charge is -2.08. The molecule has 1 amide bonds. The van der Waals surface area contributed by atoms with Gasteiger partial charge in [0.05, 0.1) is 0 Å². The summed E-state index contributed by atoms with van der Waals surface area (Å²) in [4.78, 5) is 28.0. The third-order valence-electron chi connectivity index (χ3n) is 3.85. The molecule has 2 heterocycles. The molecule has 0 radical (unpaired) electrons. The van der Waals surface area contributed by atoms with Crippen molar-refractivity contribution in [2.24, 2.45) is 7.05 Å². The number of pyridine rings is 2. The summed E-state index contributed by atoms with van der Waals surface area (Å²) in [6.45, 7) is 0.745. The molecule has 3 rings (SSSR count). The van der Waals surface area contributed by atoms with Crippen LogP contribution in [0.4, 0.5) is 0 Å². The molecule has 1 aromatic carbocycles. The standard InChI is InChI=1S/C20H19N3O3/c1-23-10-8-17(12-19(23)24)20(25)22-13-16-7-9-21-18(11-16)26-14-15-5-3-2-4-6-15/h2-12H,13-14H2,1H3,(H,22,25). The Morgan fingerprint density at radius 3 is 2.69 bits per heavy atom. The second-order valence-electron chi connectivity index (χ2n) is 5.82. The number of carbonyl (C=O) groups is 1. The van der Waals surface area contributed by atoms with E-state index in [0.29, 0.717) is 24.6 Å². The summed E-state index contributed by atoms with van der Waals surface area (Å²) in [5.41, 5.74) is 2.03. The minimum absolute atomic E-state index is 0.224. The first-order valence-electron chi connectivity index (χ1n) is 8.18. The van der Waals surface area contributed by atoms with Crippen LogP contribution < -0.4 is 15.6 Å². The van der Waals surface area contributed by atoms with Crippen LogP contribution in [0.5, 0.6) is 5.88 Å².